The van der Waals surface area contributed by atoms with Crippen molar-refractivity contribution in [2.24, 2.45) is 0 Å². The van der Waals surface area contributed by atoms with Crippen LogP contribution in [-0.2, 0) is 0 Å². The van der Waals surface area contributed by atoms with Crippen molar-refractivity contribution in [2.75, 3.05) is 5.32 Å². The zero-order chi connectivity index (χ0) is 15.7. The van der Waals surface area contributed by atoms with Gasteiger partial charge in [0.1, 0.15) is 12.1 Å². The van der Waals surface area contributed by atoms with Gasteiger partial charge >= 0.3 is 0 Å². The third-order valence-electron chi connectivity index (χ3n) is 3.69. The fraction of sp³-hybridized carbons (Fsp3) is 0.125. The number of nitrogens with zero attached hydrogens (tertiary/aromatic N) is 3. The molecule has 0 fully saturated rings. The Morgan fingerprint density at radius 1 is 1.14 bits per heavy atom. The molecule has 6 heteroatoms. The quantitative estimate of drug-likeness (QED) is 0.585. The van der Waals surface area contributed by atoms with Gasteiger partial charge in [0.05, 0.1) is 10.4 Å². The number of aromatic nitrogens is 2. The normalized spacial score (nSPS) is 10.6. The highest BCUT2D eigenvalue weighted by atomic mass is 16.6. The van der Waals surface area contributed by atoms with Crippen molar-refractivity contribution in [2.45, 2.75) is 13.8 Å². The number of non-ortho nitro benzene ring substituents is 1. The van der Waals surface area contributed by atoms with Gasteiger partial charge in [0.2, 0.25) is 0 Å². The van der Waals surface area contributed by atoms with Crippen LogP contribution in [0.1, 0.15) is 11.1 Å². The Bertz CT molecular complexity index is 877. The number of anilines is 2. The Morgan fingerprint density at radius 2 is 1.95 bits per heavy atom. The first-order chi connectivity index (χ1) is 10.6. The first-order valence-corrected chi connectivity index (χ1v) is 6.78. The van der Waals surface area contributed by atoms with Crippen LogP contribution >= 0.6 is 0 Å². The van der Waals surface area contributed by atoms with E-state index in [9.17, 15) is 10.1 Å². The summed E-state index contributed by atoms with van der Waals surface area (Å²) in [7, 11) is 0. The Labute approximate surface area is 127 Å². The molecular weight excluding hydrogens is 280 g/mol. The van der Waals surface area contributed by atoms with Crippen molar-refractivity contribution in [1.82, 2.24) is 9.97 Å². The van der Waals surface area contributed by atoms with Gasteiger partial charge in [0.25, 0.3) is 5.69 Å². The fourth-order valence-corrected chi connectivity index (χ4v) is 2.27. The summed E-state index contributed by atoms with van der Waals surface area (Å²) >= 11 is 0. The number of hydrogen-bond donors (Lipinski definition) is 1. The topological polar surface area (TPSA) is 81.0 Å². The van der Waals surface area contributed by atoms with Gasteiger partial charge in [0, 0.05) is 23.2 Å². The molecule has 1 N–H and O–H groups in total. The van der Waals surface area contributed by atoms with Crippen LogP contribution in [0.2, 0.25) is 0 Å². The van der Waals surface area contributed by atoms with Gasteiger partial charge in [0.15, 0.2) is 0 Å². The lowest BCUT2D eigenvalue weighted by Gasteiger charge is -2.12. The van der Waals surface area contributed by atoms with Crippen LogP contribution in [0, 0.1) is 24.0 Å². The largest absolute Gasteiger partial charge is 0.339 e. The van der Waals surface area contributed by atoms with Gasteiger partial charge in [-0.2, -0.15) is 0 Å². The highest BCUT2D eigenvalue weighted by Gasteiger charge is 2.11. The maximum absolute atomic E-state index is 11.0. The van der Waals surface area contributed by atoms with Crippen molar-refractivity contribution in [3.63, 3.8) is 0 Å². The van der Waals surface area contributed by atoms with Crippen molar-refractivity contribution >= 4 is 28.1 Å². The van der Waals surface area contributed by atoms with E-state index in [0.29, 0.717) is 16.7 Å². The van der Waals surface area contributed by atoms with E-state index in [1.165, 1.54) is 18.5 Å². The van der Waals surface area contributed by atoms with E-state index < -0.39 is 4.92 Å². The van der Waals surface area contributed by atoms with Crippen LogP contribution < -0.4 is 5.32 Å². The second-order valence-corrected chi connectivity index (χ2v) is 5.05. The zero-order valence-corrected chi connectivity index (χ0v) is 12.2. The molecule has 0 saturated heterocycles. The summed E-state index contributed by atoms with van der Waals surface area (Å²) in [6.07, 6.45) is 1.45. The minimum atomic E-state index is -0.422. The molecule has 0 aliphatic carbocycles. The second kappa shape index (κ2) is 5.40. The Hall–Kier alpha value is -3.02. The van der Waals surface area contributed by atoms with Gasteiger partial charge in [-0.25, -0.2) is 9.97 Å². The Morgan fingerprint density at radius 3 is 2.73 bits per heavy atom. The molecule has 0 spiro atoms. The highest BCUT2D eigenvalue weighted by molar-refractivity contribution is 5.92. The molecule has 110 valence electrons. The van der Waals surface area contributed by atoms with Crippen LogP contribution in [0.15, 0.2) is 42.7 Å². The number of rotatable bonds is 3. The lowest BCUT2D eigenvalue weighted by molar-refractivity contribution is -0.384. The maximum Gasteiger partial charge on any atom is 0.270 e. The monoisotopic (exact) mass is 294 g/mol. The van der Waals surface area contributed by atoms with E-state index in [0.717, 1.165) is 16.8 Å². The number of aryl methyl sites for hydroxylation is 1. The lowest BCUT2D eigenvalue weighted by Crippen LogP contribution is -1.99. The molecule has 0 aliphatic heterocycles. The summed E-state index contributed by atoms with van der Waals surface area (Å²) in [6, 6.07) is 10.5. The van der Waals surface area contributed by atoms with Crippen molar-refractivity contribution in [1.29, 1.82) is 0 Å². The summed E-state index contributed by atoms with van der Waals surface area (Å²) in [5.41, 5.74) is 3.88. The van der Waals surface area contributed by atoms with Crippen LogP contribution in [0.25, 0.3) is 10.9 Å². The van der Waals surface area contributed by atoms with E-state index in [2.05, 4.69) is 15.3 Å². The SMILES string of the molecule is Cc1cccc(Nc2ncnc3ccc([N+](=O)[O-])cc23)c1C. The summed E-state index contributed by atoms with van der Waals surface area (Å²) < 4.78 is 0. The van der Waals surface area contributed by atoms with Crippen LogP contribution in [0.4, 0.5) is 17.2 Å². The fourth-order valence-electron chi connectivity index (χ4n) is 2.27. The third-order valence-corrected chi connectivity index (χ3v) is 3.69. The molecule has 0 aliphatic rings. The Kier molecular flexibility index (Phi) is 3.42. The van der Waals surface area contributed by atoms with E-state index in [1.54, 1.807) is 6.07 Å². The summed E-state index contributed by atoms with van der Waals surface area (Å²) in [6.45, 7) is 4.05. The molecular formula is C16H14N4O2. The van der Waals surface area contributed by atoms with Crippen molar-refractivity contribution in [3.05, 3.63) is 64.0 Å². The van der Waals surface area contributed by atoms with E-state index >= 15 is 0 Å². The molecule has 22 heavy (non-hydrogen) atoms. The van der Waals surface area contributed by atoms with Crippen molar-refractivity contribution in [3.8, 4) is 0 Å². The molecule has 0 atom stereocenters. The highest BCUT2D eigenvalue weighted by Crippen LogP contribution is 2.28. The number of nitrogens with one attached hydrogen (secondary N) is 1. The van der Waals surface area contributed by atoms with Crippen molar-refractivity contribution < 1.29 is 4.92 Å². The summed E-state index contributed by atoms with van der Waals surface area (Å²) in [5.74, 6) is 0.558. The minimum Gasteiger partial charge on any atom is -0.339 e. The van der Waals surface area contributed by atoms with Gasteiger partial charge in [-0.05, 0) is 37.1 Å². The van der Waals surface area contributed by atoms with Gasteiger partial charge in [-0.3, -0.25) is 10.1 Å². The predicted molar refractivity (Wildman–Crippen MR) is 85.4 cm³/mol. The molecule has 2 aromatic carbocycles. The number of hydrogen-bond acceptors (Lipinski definition) is 5. The minimum absolute atomic E-state index is 0.0197. The molecule has 1 aromatic heterocycles. The lowest BCUT2D eigenvalue weighted by atomic mass is 10.1. The third kappa shape index (κ3) is 2.46. The first-order valence-electron chi connectivity index (χ1n) is 6.78. The van der Waals surface area contributed by atoms with Crippen LogP contribution in [0.5, 0.6) is 0 Å². The molecule has 0 saturated carbocycles. The second-order valence-electron chi connectivity index (χ2n) is 5.05. The number of benzene rings is 2. The first kappa shape index (κ1) is 13.9. The molecule has 0 unspecified atom stereocenters. The van der Waals surface area contributed by atoms with E-state index in [1.807, 2.05) is 32.0 Å². The summed E-state index contributed by atoms with van der Waals surface area (Å²) in [5, 5.41) is 14.8. The number of nitro groups is 1. The number of fused-ring (bicyclic) bond motifs is 1. The Balaban J connectivity index is 2.12. The summed E-state index contributed by atoms with van der Waals surface area (Å²) in [4.78, 5) is 18.9. The molecule has 1 heterocycles. The van der Waals surface area contributed by atoms with Gasteiger partial charge in [-0.15, -0.1) is 0 Å². The standard InChI is InChI=1S/C16H14N4O2/c1-10-4-3-5-14(11(10)2)19-16-13-8-12(20(21)22)6-7-15(13)17-9-18-16/h3-9H,1-2H3,(H,17,18,19). The molecule has 0 amide bonds. The smallest absolute Gasteiger partial charge is 0.270 e. The average molecular weight is 294 g/mol. The van der Waals surface area contributed by atoms with E-state index in [-0.39, 0.29) is 5.69 Å². The molecule has 3 rings (SSSR count). The average Bonchev–Trinajstić information content (AvgIpc) is 2.51. The van der Waals surface area contributed by atoms with Crippen LogP contribution in [-0.4, -0.2) is 14.9 Å². The zero-order valence-electron chi connectivity index (χ0n) is 12.2. The number of nitro benzene ring substituents is 1. The van der Waals surface area contributed by atoms with Gasteiger partial charge in [-0.1, -0.05) is 12.1 Å². The molecule has 6 nitrogen and oxygen atoms in total. The van der Waals surface area contributed by atoms with Crippen LogP contribution in [0.3, 0.4) is 0 Å². The van der Waals surface area contributed by atoms with E-state index in [4.69, 9.17) is 0 Å². The van der Waals surface area contributed by atoms with Gasteiger partial charge < -0.3 is 5.32 Å². The molecule has 3 aromatic rings. The predicted octanol–water partition coefficient (Wildman–Crippen LogP) is 3.90. The molecule has 0 radical (unpaired) electrons. The maximum atomic E-state index is 11.0. The molecule has 0 bridgehead atoms.